The SMILES string of the molecule is C=CCC(CS(=O)(=O)O)N(Cl)Cl. The number of hydrogen-bond donors (Lipinski definition) is 1. The van der Waals surface area contributed by atoms with Gasteiger partial charge in [-0.05, 0) is 30.0 Å². The molecule has 0 amide bonds. The first-order valence-electron chi connectivity index (χ1n) is 3.03. The van der Waals surface area contributed by atoms with Crippen molar-refractivity contribution >= 4 is 33.7 Å². The van der Waals surface area contributed by atoms with E-state index in [1.165, 1.54) is 6.08 Å². The molecule has 0 aromatic heterocycles. The van der Waals surface area contributed by atoms with Gasteiger partial charge < -0.3 is 0 Å². The first-order chi connectivity index (χ1) is 5.37. The fourth-order valence-electron chi connectivity index (χ4n) is 0.640. The largest absolute Gasteiger partial charge is 0.285 e. The zero-order valence-corrected chi connectivity index (χ0v) is 8.48. The van der Waals surface area contributed by atoms with Crippen molar-refractivity contribution < 1.29 is 13.0 Å². The molecule has 0 saturated heterocycles. The Bertz CT molecular complexity index is 239. The first-order valence-corrected chi connectivity index (χ1v) is 5.32. The van der Waals surface area contributed by atoms with Crippen LogP contribution in [0.2, 0.25) is 0 Å². The van der Waals surface area contributed by atoms with Gasteiger partial charge in [-0.1, -0.05) is 6.08 Å². The summed E-state index contributed by atoms with van der Waals surface area (Å²) < 4.78 is 29.9. The Hall–Kier alpha value is 0.190. The lowest BCUT2D eigenvalue weighted by molar-refractivity contribution is 0.455. The standard InChI is InChI=1S/C5H9Cl2NO3S/c1-2-3-5(8(6)7)4-12(9,10)11/h2,5H,1,3-4H2,(H,9,10,11). The first kappa shape index (κ1) is 12.2. The molecule has 1 unspecified atom stereocenters. The molecule has 7 heteroatoms. The van der Waals surface area contributed by atoms with Crippen LogP contribution in [0.4, 0.5) is 0 Å². The molecule has 0 spiro atoms. The Morgan fingerprint density at radius 3 is 2.33 bits per heavy atom. The number of rotatable bonds is 5. The highest BCUT2D eigenvalue weighted by molar-refractivity contribution is 7.85. The van der Waals surface area contributed by atoms with Gasteiger partial charge in [-0.15, -0.1) is 10.5 Å². The molecule has 0 fully saturated rings. The molecule has 0 aliphatic heterocycles. The van der Waals surface area contributed by atoms with E-state index in [0.29, 0.717) is 3.94 Å². The van der Waals surface area contributed by atoms with Crippen LogP contribution in [0.5, 0.6) is 0 Å². The zero-order valence-electron chi connectivity index (χ0n) is 6.15. The summed E-state index contributed by atoms with van der Waals surface area (Å²) in [4.78, 5) is 0. The average molecular weight is 234 g/mol. The van der Waals surface area contributed by atoms with Gasteiger partial charge in [0.1, 0.15) is 0 Å². The fourth-order valence-corrected chi connectivity index (χ4v) is 1.87. The Morgan fingerprint density at radius 2 is 2.08 bits per heavy atom. The van der Waals surface area contributed by atoms with Crippen LogP contribution in [0.25, 0.3) is 0 Å². The van der Waals surface area contributed by atoms with Gasteiger partial charge in [0.05, 0.1) is 11.8 Å². The van der Waals surface area contributed by atoms with E-state index in [0.717, 1.165) is 0 Å². The maximum atomic E-state index is 10.4. The van der Waals surface area contributed by atoms with Gasteiger partial charge in [0.25, 0.3) is 10.1 Å². The highest BCUT2D eigenvalue weighted by Gasteiger charge is 2.20. The number of halogens is 2. The van der Waals surface area contributed by atoms with Crippen LogP contribution in [0.15, 0.2) is 12.7 Å². The second kappa shape index (κ2) is 5.04. The second-order valence-corrected chi connectivity index (χ2v) is 4.58. The summed E-state index contributed by atoms with van der Waals surface area (Å²) in [5, 5.41) is 0. The van der Waals surface area contributed by atoms with Crippen molar-refractivity contribution in [2.24, 2.45) is 0 Å². The van der Waals surface area contributed by atoms with Crippen molar-refractivity contribution in [2.75, 3.05) is 5.75 Å². The van der Waals surface area contributed by atoms with Gasteiger partial charge in [0, 0.05) is 0 Å². The third kappa shape index (κ3) is 5.79. The monoisotopic (exact) mass is 233 g/mol. The third-order valence-electron chi connectivity index (χ3n) is 1.12. The van der Waals surface area contributed by atoms with Gasteiger partial charge in [0.2, 0.25) is 0 Å². The molecule has 0 bridgehead atoms. The van der Waals surface area contributed by atoms with Gasteiger partial charge in [-0.25, -0.2) is 0 Å². The number of nitrogens with zero attached hydrogens (tertiary/aromatic N) is 1. The molecule has 1 atom stereocenters. The molecule has 0 saturated carbocycles. The molecule has 0 aliphatic rings. The lowest BCUT2D eigenvalue weighted by Gasteiger charge is -2.15. The number of hydrogen-bond acceptors (Lipinski definition) is 3. The minimum absolute atomic E-state index is 0.285. The van der Waals surface area contributed by atoms with Crippen LogP contribution < -0.4 is 0 Å². The molecule has 12 heavy (non-hydrogen) atoms. The van der Waals surface area contributed by atoms with Crippen LogP contribution in [0.1, 0.15) is 6.42 Å². The van der Waals surface area contributed by atoms with Gasteiger partial charge in [-0.3, -0.25) is 4.55 Å². The van der Waals surface area contributed by atoms with Crippen LogP contribution >= 0.6 is 23.6 Å². The highest BCUT2D eigenvalue weighted by Crippen LogP contribution is 2.13. The van der Waals surface area contributed by atoms with Crippen LogP contribution in [0, 0.1) is 0 Å². The predicted molar refractivity (Wildman–Crippen MR) is 48.6 cm³/mol. The maximum Gasteiger partial charge on any atom is 0.266 e. The molecular weight excluding hydrogens is 225 g/mol. The lowest BCUT2D eigenvalue weighted by Crippen LogP contribution is -2.27. The van der Waals surface area contributed by atoms with Gasteiger partial charge in [-0.2, -0.15) is 8.42 Å². The van der Waals surface area contributed by atoms with E-state index in [9.17, 15) is 8.42 Å². The summed E-state index contributed by atoms with van der Waals surface area (Å²) >= 11 is 10.6. The second-order valence-electron chi connectivity index (χ2n) is 2.19. The zero-order chi connectivity index (χ0) is 9.78. The van der Waals surface area contributed by atoms with Gasteiger partial charge >= 0.3 is 0 Å². The van der Waals surface area contributed by atoms with E-state index < -0.39 is 21.9 Å². The summed E-state index contributed by atoms with van der Waals surface area (Å²) in [6.07, 6.45) is 1.75. The molecule has 0 heterocycles. The molecule has 1 N–H and O–H groups in total. The fraction of sp³-hybridized carbons (Fsp3) is 0.600. The van der Waals surface area contributed by atoms with Crippen LogP contribution in [-0.4, -0.2) is 28.7 Å². The topological polar surface area (TPSA) is 57.6 Å². The quantitative estimate of drug-likeness (QED) is 0.444. The van der Waals surface area contributed by atoms with Crippen molar-refractivity contribution in [2.45, 2.75) is 12.5 Å². The molecule has 0 rings (SSSR count). The highest BCUT2D eigenvalue weighted by atomic mass is 35.5. The van der Waals surface area contributed by atoms with Crippen molar-refractivity contribution in [1.29, 1.82) is 0 Å². The minimum atomic E-state index is -4.05. The molecule has 0 aromatic rings. The van der Waals surface area contributed by atoms with Gasteiger partial charge in [0.15, 0.2) is 0 Å². The lowest BCUT2D eigenvalue weighted by atomic mass is 10.2. The van der Waals surface area contributed by atoms with E-state index >= 15 is 0 Å². The smallest absolute Gasteiger partial charge is 0.266 e. The minimum Gasteiger partial charge on any atom is -0.285 e. The molecule has 72 valence electrons. The maximum absolute atomic E-state index is 10.4. The molecule has 0 aliphatic carbocycles. The average Bonchev–Trinajstić information content (AvgIpc) is 1.83. The van der Waals surface area contributed by atoms with Crippen LogP contribution in [-0.2, 0) is 10.1 Å². The van der Waals surface area contributed by atoms with Crippen molar-refractivity contribution in [3.63, 3.8) is 0 Å². The van der Waals surface area contributed by atoms with E-state index in [1.807, 2.05) is 0 Å². The third-order valence-corrected chi connectivity index (χ3v) is 2.48. The van der Waals surface area contributed by atoms with E-state index in [4.69, 9.17) is 28.1 Å². The van der Waals surface area contributed by atoms with E-state index in [2.05, 4.69) is 6.58 Å². The van der Waals surface area contributed by atoms with Crippen molar-refractivity contribution in [3.05, 3.63) is 12.7 Å². The Kier molecular flexibility index (Phi) is 5.12. The Balaban J connectivity index is 4.23. The normalized spacial score (nSPS) is 14.7. The Morgan fingerprint density at radius 1 is 1.58 bits per heavy atom. The summed E-state index contributed by atoms with van der Waals surface area (Å²) in [5.41, 5.74) is 0. The van der Waals surface area contributed by atoms with Crippen LogP contribution in [0.3, 0.4) is 0 Å². The predicted octanol–water partition coefficient (Wildman–Crippen LogP) is 1.43. The molecule has 0 radical (unpaired) electrons. The summed E-state index contributed by atoms with van der Waals surface area (Å²) in [6, 6.07) is -0.666. The Labute approximate surface area is 81.7 Å². The molecule has 4 nitrogen and oxygen atoms in total. The summed E-state index contributed by atoms with van der Waals surface area (Å²) in [6.45, 7) is 3.39. The van der Waals surface area contributed by atoms with E-state index in [-0.39, 0.29) is 6.42 Å². The summed E-state index contributed by atoms with van der Waals surface area (Å²) in [7, 11) is -4.05. The molecule has 0 aromatic carbocycles. The molecular formula is C5H9Cl2NO3S. The van der Waals surface area contributed by atoms with E-state index in [1.54, 1.807) is 0 Å². The van der Waals surface area contributed by atoms with Crippen molar-refractivity contribution in [1.82, 2.24) is 3.94 Å². The summed E-state index contributed by atoms with van der Waals surface area (Å²) in [5.74, 6) is -0.508. The van der Waals surface area contributed by atoms with Crippen molar-refractivity contribution in [3.8, 4) is 0 Å².